The van der Waals surface area contributed by atoms with Crippen LogP contribution in [0.3, 0.4) is 0 Å². The van der Waals surface area contributed by atoms with Crippen molar-refractivity contribution in [3.63, 3.8) is 0 Å². The minimum Gasteiger partial charge on any atom is -0.378 e. The van der Waals surface area contributed by atoms with Gasteiger partial charge in [-0.3, -0.25) is 0 Å². The first-order chi connectivity index (χ1) is 10.8. The number of nitriles is 2. The lowest BCUT2D eigenvalue weighted by molar-refractivity contribution is 0.155. The van der Waals surface area contributed by atoms with Gasteiger partial charge in [0.1, 0.15) is 11.9 Å². The fourth-order valence-corrected chi connectivity index (χ4v) is 2.18. The number of nitrogens with zero attached hydrogens (tertiary/aromatic N) is 3. The Balaban J connectivity index is 2.38. The molecule has 0 aromatic heterocycles. The summed E-state index contributed by atoms with van der Waals surface area (Å²) in [6.07, 6.45) is 0.463. The standard InChI is InChI=1S/C16H13F3N4/c1-23(2)12-5-3-11(4-6-12)22-16(19)13(9-21)15(18)10(8-20)7-14(16)17/h3-7,13,22H,1-2H3. The highest BCUT2D eigenvalue weighted by Crippen LogP contribution is 2.42. The Morgan fingerprint density at radius 3 is 2.26 bits per heavy atom. The summed E-state index contributed by atoms with van der Waals surface area (Å²) in [7, 11) is 3.63. The Morgan fingerprint density at radius 1 is 1.17 bits per heavy atom. The number of anilines is 2. The van der Waals surface area contributed by atoms with Gasteiger partial charge in [0.05, 0.1) is 11.6 Å². The minimum absolute atomic E-state index is 0.176. The molecule has 0 radical (unpaired) electrons. The predicted molar refractivity (Wildman–Crippen MR) is 80.3 cm³/mol. The van der Waals surface area contributed by atoms with E-state index in [1.807, 2.05) is 19.0 Å². The van der Waals surface area contributed by atoms with Gasteiger partial charge in [0.15, 0.2) is 11.7 Å². The lowest BCUT2D eigenvalue weighted by Gasteiger charge is -2.32. The smallest absolute Gasteiger partial charge is 0.254 e. The Bertz CT molecular complexity index is 753. The molecule has 2 atom stereocenters. The highest BCUT2D eigenvalue weighted by atomic mass is 19.2. The molecule has 0 bridgehead atoms. The zero-order valence-electron chi connectivity index (χ0n) is 12.4. The molecule has 0 saturated carbocycles. The first-order valence-corrected chi connectivity index (χ1v) is 6.65. The molecule has 0 aliphatic heterocycles. The summed E-state index contributed by atoms with van der Waals surface area (Å²) in [6.45, 7) is 0. The van der Waals surface area contributed by atoms with Crippen LogP contribution in [0.25, 0.3) is 0 Å². The van der Waals surface area contributed by atoms with Crippen LogP contribution < -0.4 is 10.2 Å². The number of hydrogen-bond acceptors (Lipinski definition) is 4. The molecule has 1 aliphatic rings. The van der Waals surface area contributed by atoms with E-state index >= 15 is 0 Å². The van der Waals surface area contributed by atoms with Crippen LogP contribution in [0, 0.1) is 28.6 Å². The summed E-state index contributed by atoms with van der Waals surface area (Å²) in [5.41, 5.74) is 0.319. The number of hydrogen-bond donors (Lipinski definition) is 1. The topological polar surface area (TPSA) is 62.9 Å². The molecule has 0 fully saturated rings. The summed E-state index contributed by atoms with van der Waals surface area (Å²) in [4.78, 5) is 1.82. The molecule has 0 saturated heterocycles. The van der Waals surface area contributed by atoms with Crippen LogP contribution in [0.5, 0.6) is 0 Å². The maximum atomic E-state index is 15.0. The molecule has 1 aromatic carbocycles. The Morgan fingerprint density at radius 2 is 1.78 bits per heavy atom. The third-order valence-corrected chi connectivity index (χ3v) is 3.49. The van der Waals surface area contributed by atoms with Gasteiger partial charge < -0.3 is 10.2 Å². The van der Waals surface area contributed by atoms with Gasteiger partial charge in [-0.2, -0.15) is 10.5 Å². The Labute approximate surface area is 131 Å². The normalized spacial score (nSPS) is 23.6. The molecule has 0 heterocycles. The maximum Gasteiger partial charge on any atom is 0.254 e. The molecule has 118 valence electrons. The number of halogens is 3. The maximum absolute atomic E-state index is 15.0. The number of allylic oxidation sites excluding steroid dienone is 2. The van der Waals surface area contributed by atoms with E-state index in [4.69, 9.17) is 10.5 Å². The lowest BCUT2D eigenvalue weighted by atomic mass is 9.88. The first kappa shape index (κ1) is 16.4. The van der Waals surface area contributed by atoms with Gasteiger partial charge >= 0.3 is 0 Å². The average Bonchev–Trinajstić information content (AvgIpc) is 2.52. The summed E-state index contributed by atoms with van der Waals surface area (Å²) >= 11 is 0. The van der Waals surface area contributed by atoms with Crippen molar-refractivity contribution in [1.29, 1.82) is 10.5 Å². The summed E-state index contributed by atoms with van der Waals surface area (Å²) < 4.78 is 43.0. The van der Waals surface area contributed by atoms with Crippen molar-refractivity contribution >= 4 is 11.4 Å². The third-order valence-electron chi connectivity index (χ3n) is 3.49. The molecule has 0 amide bonds. The van der Waals surface area contributed by atoms with Crippen LogP contribution in [0.4, 0.5) is 24.5 Å². The van der Waals surface area contributed by atoms with Gasteiger partial charge in [-0.1, -0.05) is 0 Å². The van der Waals surface area contributed by atoms with Crippen LogP contribution in [0.2, 0.25) is 0 Å². The molecule has 0 spiro atoms. The summed E-state index contributed by atoms with van der Waals surface area (Å²) in [6, 6.07) is 9.07. The minimum atomic E-state index is -3.07. The van der Waals surface area contributed by atoms with Crippen LogP contribution in [-0.4, -0.2) is 19.9 Å². The van der Waals surface area contributed by atoms with Gasteiger partial charge in [0.25, 0.3) is 5.79 Å². The largest absolute Gasteiger partial charge is 0.378 e. The second kappa shape index (κ2) is 6.05. The number of rotatable bonds is 3. The highest BCUT2D eigenvalue weighted by Gasteiger charge is 2.50. The Hall–Kier alpha value is -2.93. The molecule has 1 aliphatic carbocycles. The van der Waals surface area contributed by atoms with E-state index in [0.29, 0.717) is 6.08 Å². The van der Waals surface area contributed by atoms with E-state index in [-0.39, 0.29) is 5.69 Å². The first-order valence-electron chi connectivity index (χ1n) is 6.65. The summed E-state index contributed by atoms with van der Waals surface area (Å²) in [5, 5.41) is 19.9. The van der Waals surface area contributed by atoms with Crippen molar-refractivity contribution in [2.45, 2.75) is 5.79 Å². The number of benzene rings is 1. The lowest BCUT2D eigenvalue weighted by Crippen LogP contribution is -2.44. The van der Waals surface area contributed by atoms with Crippen molar-refractivity contribution in [3.05, 3.63) is 47.6 Å². The molecular formula is C16H13F3N4. The van der Waals surface area contributed by atoms with E-state index in [1.54, 1.807) is 12.1 Å². The molecule has 1 aromatic rings. The van der Waals surface area contributed by atoms with E-state index in [1.165, 1.54) is 24.3 Å². The van der Waals surface area contributed by atoms with Crippen molar-refractivity contribution < 1.29 is 13.2 Å². The van der Waals surface area contributed by atoms with Crippen LogP contribution in [0.15, 0.2) is 47.6 Å². The van der Waals surface area contributed by atoms with Gasteiger partial charge in [-0.15, -0.1) is 0 Å². The van der Waals surface area contributed by atoms with Crippen molar-refractivity contribution in [3.8, 4) is 12.1 Å². The van der Waals surface area contributed by atoms with Gasteiger partial charge in [0.2, 0.25) is 0 Å². The quantitative estimate of drug-likeness (QED) is 0.865. The van der Waals surface area contributed by atoms with Crippen LogP contribution in [-0.2, 0) is 0 Å². The Kier molecular flexibility index (Phi) is 4.33. The molecule has 4 nitrogen and oxygen atoms in total. The zero-order valence-corrected chi connectivity index (χ0v) is 12.4. The molecule has 2 rings (SSSR count). The summed E-state index contributed by atoms with van der Waals surface area (Å²) in [5.74, 6) is -7.87. The van der Waals surface area contributed by atoms with E-state index in [0.717, 1.165) is 5.69 Å². The average molecular weight is 318 g/mol. The van der Waals surface area contributed by atoms with Crippen LogP contribution >= 0.6 is 0 Å². The number of nitrogens with one attached hydrogen (secondary N) is 1. The molecule has 1 N–H and O–H groups in total. The van der Waals surface area contributed by atoms with Gasteiger partial charge in [-0.25, -0.2) is 13.2 Å². The molecular weight excluding hydrogens is 305 g/mol. The molecule has 2 unspecified atom stereocenters. The van der Waals surface area contributed by atoms with E-state index in [2.05, 4.69) is 5.32 Å². The molecule has 23 heavy (non-hydrogen) atoms. The highest BCUT2D eigenvalue weighted by molar-refractivity contribution is 5.58. The fourth-order valence-electron chi connectivity index (χ4n) is 2.18. The zero-order chi connectivity index (χ0) is 17.2. The van der Waals surface area contributed by atoms with Crippen molar-refractivity contribution in [2.75, 3.05) is 24.3 Å². The van der Waals surface area contributed by atoms with Gasteiger partial charge in [0, 0.05) is 25.5 Å². The van der Waals surface area contributed by atoms with Crippen molar-refractivity contribution in [2.24, 2.45) is 5.92 Å². The van der Waals surface area contributed by atoms with E-state index < -0.39 is 28.9 Å². The fraction of sp³-hybridized carbons (Fsp3) is 0.250. The second-order valence-corrected chi connectivity index (χ2v) is 5.21. The second-order valence-electron chi connectivity index (χ2n) is 5.21. The monoisotopic (exact) mass is 318 g/mol. The van der Waals surface area contributed by atoms with Crippen molar-refractivity contribution in [1.82, 2.24) is 0 Å². The van der Waals surface area contributed by atoms with Crippen LogP contribution in [0.1, 0.15) is 0 Å². The SMILES string of the molecule is CN(C)c1ccc(NC2(F)C(F)=CC(C#N)=C(F)C2C#N)cc1. The third kappa shape index (κ3) is 2.86. The molecule has 7 heteroatoms. The predicted octanol–water partition coefficient (Wildman–Crippen LogP) is 3.58. The van der Waals surface area contributed by atoms with Gasteiger partial charge in [-0.05, 0) is 30.3 Å². The van der Waals surface area contributed by atoms with E-state index in [9.17, 15) is 13.2 Å². The number of alkyl halides is 1.